The number of esters is 1. The summed E-state index contributed by atoms with van der Waals surface area (Å²) in [4.78, 5) is 24.7. The van der Waals surface area contributed by atoms with Gasteiger partial charge in [0, 0.05) is 5.41 Å². The van der Waals surface area contributed by atoms with Gasteiger partial charge in [-0.1, -0.05) is 30.3 Å². The third-order valence-electron chi connectivity index (χ3n) is 2.92. The van der Waals surface area contributed by atoms with Gasteiger partial charge in [-0.25, -0.2) is 4.79 Å². The number of nitrogens with zero attached hydrogens (tertiary/aromatic N) is 1. The lowest BCUT2D eigenvalue weighted by Gasteiger charge is -2.34. The summed E-state index contributed by atoms with van der Waals surface area (Å²) in [5.74, 6) is -0.435. The molecule has 2 aliphatic rings. The molecule has 0 bridgehead atoms. The normalized spacial score (nSPS) is 21.1. The molecule has 4 nitrogen and oxygen atoms in total. The first-order valence-corrected chi connectivity index (χ1v) is 6.59. The Bertz CT molecular complexity index is 526. The van der Waals surface area contributed by atoms with Gasteiger partial charge in [0.15, 0.2) is 0 Å². The molecule has 18 heavy (non-hydrogen) atoms. The van der Waals surface area contributed by atoms with E-state index in [1.807, 2.05) is 30.3 Å². The molecule has 0 aliphatic carbocycles. The molecule has 5 heteroatoms. The van der Waals surface area contributed by atoms with E-state index in [-0.39, 0.29) is 17.9 Å². The van der Waals surface area contributed by atoms with Crippen molar-refractivity contribution in [2.75, 3.05) is 0 Å². The molecular formula is C13H11NO3S. The second kappa shape index (κ2) is 4.49. The van der Waals surface area contributed by atoms with E-state index in [0.29, 0.717) is 12.1 Å². The number of hydrogen-bond acceptors (Lipinski definition) is 4. The molecule has 0 saturated carbocycles. The Kier molecular flexibility index (Phi) is 2.83. The van der Waals surface area contributed by atoms with Crippen LogP contribution in [0.15, 0.2) is 41.4 Å². The number of amides is 1. The van der Waals surface area contributed by atoms with Crippen LogP contribution < -0.4 is 0 Å². The maximum atomic E-state index is 11.9. The molecule has 1 saturated heterocycles. The average Bonchev–Trinajstić information content (AvgIpc) is 2.74. The molecule has 92 valence electrons. The number of thioether (sulfide) groups is 1. The fourth-order valence-corrected chi connectivity index (χ4v) is 3.02. The van der Waals surface area contributed by atoms with E-state index >= 15 is 0 Å². The summed E-state index contributed by atoms with van der Waals surface area (Å²) in [5.41, 5.74) is 1.31. The lowest BCUT2D eigenvalue weighted by atomic mass is 10.2. The highest BCUT2D eigenvalue weighted by atomic mass is 32.2. The van der Waals surface area contributed by atoms with Crippen LogP contribution in [0.5, 0.6) is 0 Å². The molecule has 1 fully saturated rings. The molecule has 0 spiro atoms. The zero-order chi connectivity index (χ0) is 12.5. The van der Waals surface area contributed by atoms with E-state index in [1.165, 1.54) is 16.7 Å². The summed E-state index contributed by atoms with van der Waals surface area (Å²) in [6.07, 6.45) is 0.511. The SMILES string of the molecule is O=C(OCc1ccccc1)C1=CS[C@@H]2CC(=O)N12. The lowest BCUT2D eigenvalue weighted by molar-refractivity contribution is -0.149. The molecule has 2 aliphatic heterocycles. The second-order valence-electron chi connectivity index (χ2n) is 4.12. The maximum absolute atomic E-state index is 11.9. The molecule has 3 rings (SSSR count). The van der Waals surface area contributed by atoms with Crippen molar-refractivity contribution in [3.8, 4) is 0 Å². The number of benzene rings is 1. The van der Waals surface area contributed by atoms with Crippen LogP contribution in [0, 0.1) is 0 Å². The Hall–Kier alpha value is -1.75. The van der Waals surface area contributed by atoms with E-state index in [9.17, 15) is 9.59 Å². The number of ether oxygens (including phenoxy) is 1. The summed E-state index contributed by atoms with van der Waals surface area (Å²) in [7, 11) is 0. The van der Waals surface area contributed by atoms with Crippen LogP contribution in [0.25, 0.3) is 0 Å². The summed E-state index contributed by atoms with van der Waals surface area (Å²) >= 11 is 1.50. The van der Waals surface area contributed by atoms with Crippen LogP contribution in [0.2, 0.25) is 0 Å². The number of rotatable bonds is 3. The molecular weight excluding hydrogens is 250 g/mol. The summed E-state index contributed by atoms with van der Waals surface area (Å²) < 4.78 is 5.20. The molecule has 1 aromatic rings. The minimum atomic E-state index is -0.429. The highest BCUT2D eigenvalue weighted by Gasteiger charge is 2.45. The smallest absolute Gasteiger partial charge is 0.355 e. The topological polar surface area (TPSA) is 46.6 Å². The van der Waals surface area contributed by atoms with E-state index in [0.717, 1.165) is 5.56 Å². The van der Waals surface area contributed by atoms with Crippen LogP contribution in [-0.2, 0) is 20.9 Å². The highest BCUT2D eigenvalue weighted by molar-refractivity contribution is 8.03. The lowest BCUT2D eigenvalue weighted by Crippen LogP contribution is -2.48. The van der Waals surface area contributed by atoms with Gasteiger partial charge < -0.3 is 4.74 Å². The van der Waals surface area contributed by atoms with Gasteiger partial charge in [0.1, 0.15) is 12.3 Å². The molecule has 1 atom stereocenters. The van der Waals surface area contributed by atoms with Gasteiger partial charge in [-0.15, -0.1) is 11.8 Å². The largest absolute Gasteiger partial charge is 0.456 e. The van der Waals surface area contributed by atoms with Crippen molar-refractivity contribution < 1.29 is 14.3 Å². The standard InChI is InChI=1S/C13H11NO3S/c15-11-6-12-14(11)10(8-18-12)13(16)17-7-9-4-2-1-3-5-9/h1-5,8,12H,6-7H2/t12-/m1/s1. The first-order valence-electron chi connectivity index (χ1n) is 5.64. The van der Waals surface area contributed by atoms with Gasteiger partial charge in [0.2, 0.25) is 5.91 Å². The number of fused-ring (bicyclic) bond motifs is 1. The third kappa shape index (κ3) is 1.90. The van der Waals surface area contributed by atoms with E-state index in [2.05, 4.69) is 0 Å². The van der Waals surface area contributed by atoms with Crippen LogP contribution in [0.3, 0.4) is 0 Å². The quantitative estimate of drug-likeness (QED) is 0.615. The molecule has 1 amide bonds. The average molecular weight is 261 g/mol. The summed E-state index contributed by atoms with van der Waals surface area (Å²) in [6.45, 7) is 0.231. The van der Waals surface area contributed by atoms with Crippen molar-refractivity contribution in [2.24, 2.45) is 0 Å². The van der Waals surface area contributed by atoms with Gasteiger partial charge in [-0.05, 0) is 5.56 Å². The maximum Gasteiger partial charge on any atom is 0.355 e. The number of carbonyl (C=O) groups is 2. The zero-order valence-electron chi connectivity index (χ0n) is 9.54. The molecule has 2 heterocycles. The van der Waals surface area contributed by atoms with Crippen molar-refractivity contribution in [1.29, 1.82) is 0 Å². The first-order chi connectivity index (χ1) is 8.75. The minimum absolute atomic E-state index is 0.00656. The molecule has 0 radical (unpaired) electrons. The summed E-state index contributed by atoms with van der Waals surface area (Å²) in [6, 6.07) is 9.47. The Morgan fingerprint density at radius 1 is 1.39 bits per heavy atom. The third-order valence-corrected chi connectivity index (χ3v) is 3.98. The van der Waals surface area contributed by atoms with Crippen molar-refractivity contribution >= 4 is 23.6 Å². The second-order valence-corrected chi connectivity index (χ2v) is 5.18. The Morgan fingerprint density at radius 2 is 2.17 bits per heavy atom. The highest BCUT2D eigenvalue weighted by Crippen LogP contribution is 2.40. The van der Waals surface area contributed by atoms with Crippen LogP contribution >= 0.6 is 11.8 Å². The molecule has 1 aromatic carbocycles. The van der Waals surface area contributed by atoms with Crippen LogP contribution in [0.1, 0.15) is 12.0 Å². The van der Waals surface area contributed by atoms with Crippen molar-refractivity contribution in [2.45, 2.75) is 18.4 Å². The number of carbonyl (C=O) groups excluding carboxylic acids is 2. The number of β-lactam (4-membered cyclic amide) rings is 1. The number of hydrogen-bond donors (Lipinski definition) is 0. The predicted molar refractivity (Wildman–Crippen MR) is 67.2 cm³/mol. The van der Waals surface area contributed by atoms with Crippen molar-refractivity contribution in [3.05, 3.63) is 47.0 Å². The molecule has 0 N–H and O–H groups in total. The van der Waals surface area contributed by atoms with Crippen LogP contribution in [-0.4, -0.2) is 22.2 Å². The predicted octanol–water partition coefficient (Wildman–Crippen LogP) is 1.88. The van der Waals surface area contributed by atoms with E-state index in [4.69, 9.17) is 4.74 Å². The van der Waals surface area contributed by atoms with Gasteiger partial charge in [0.05, 0.1) is 11.8 Å². The Labute approximate surface area is 109 Å². The fourth-order valence-electron chi connectivity index (χ4n) is 1.93. The van der Waals surface area contributed by atoms with Gasteiger partial charge >= 0.3 is 5.97 Å². The van der Waals surface area contributed by atoms with Crippen LogP contribution in [0.4, 0.5) is 0 Å². The van der Waals surface area contributed by atoms with Gasteiger partial charge in [-0.3, -0.25) is 9.69 Å². The van der Waals surface area contributed by atoms with Gasteiger partial charge in [-0.2, -0.15) is 0 Å². The van der Waals surface area contributed by atoms with Crippen molar-refractivity contribution in [3.63, 3.8) is 0 Å². The van der Waals surface area contributed by atoms with Crippen molar-refractivity contribution in [1.82, 2.24) is 4.90 Å². The minimum Gasteiger partial charge on any atom is -0.456 e. The monoisotopic (exact) mass is 261 g/mol. The van der Waals surface area contributed by atoms with E-state index in [1.54, 1.807) is 5.41 Å². The molecule has 0 unspecified atom stereocenters. The Morgan fingerprint density at radius 3 is 2.89 bits per heavy atom. The Balaban J connectivity index is 1.61. The zero-order valence-corrected chi connectivity index (χ0v) is 10.4. The van der Waals surface area contributed by atoms with Gasteiger partial charge in [0.25, 0.3) is 0 Å². The van der Waals surface area contributed by atoms with E-state index < -0.39 is 5.97 Å². The first kappa shape index (κ1) is 11.3. The summed E-state index contributed by atoms with van der Waals surface area (Å²) in [5, 5.41) is 1.82. The fraction of sp³-hybridized carbons (Fsp3) is 0.231. The molecule has 0 aromatic heterocycles.